The first-order chi connectivity index (χ1) is 24.3. The molecular formula is C44H26N4S. The molecule has 4 heterocycles. The van der Waals surface area contributed by atoms with Crippen LogP contribution in [-0.2, 0) is 0 Å². The molecule has 0 aliphatic carbocycles. The first kappa shape index (κ1) is 26.9. The van der Waals surface area contributed by atoms with Gasteiger partial charge in [0.25, 0.3) is 0 Å². The highest BCUT2D eigenvalue weighted by molar-refractivity contribution is 7.99. The van der Waals surface area contributed by atoms with Crippen molar-refractivity contribution in [3.63, 3.8) is 0 Å². The fourth-order valence-electron chi connectivity index (χ4n) is 7.79. The molecular weight excluding hydrogens is 617 g/mol. The van der Waals surface area contributed by atoms with Crippen LogP contribution in [0.25, 0.3) is 88.5 Å². The minimum absolute atomic E-state index is 0.887. The zero-order valence-electron chi connectivity index (χ0n) is 26.2. The van der Waals surface area contributed by atoms with Gasteiger partial charge in [-0.25, -0.2) is 9.97 Å². The molecule has 5 heteroatoms. The topological polar surface area (TPSA) is 35.6 Å². The van der Waals surface area contributed by atoms with Crippen LogP contribution < -0.4 is 0 Å². The zero-order valence-corrected chi connectivity index (χ0v) is 27.0. The molecule has 4 nitrogen and oxygen atoms in total. The van der Waals surface area contributed by atoms with Crippen molar-refractivity contribution in [1.82, 2.24) is 19.1 Å². The van der Waals surface area contributed by atoms with E-state index in [9.17, 15) is 0 Å². The molecule has 1 aliphatic heterocycles. The molecule has 0 saturated heterocycles. The van der Waals surface area contributed by atoms with Crippen LogP contribution in [0.3, 0.4) is 0 Å². The van der Waals surface area contributed by atoms with Gasteiger partial charge in [0, 0.05) is 42.8 Å². The summed E-state index contributed by atoms with van der Waals surface area (Å²) >= 11 is 1.84. The number of aromatic nitrogens is 4. The van der Waals surface area contributed by atoms with E-state index in [0.29, 0.717) is 0 Å². The molecule has 10 aromatic rings. The zero-order chi connectivity index (χ0) is 32.1. The highest BCUT2D eigenvalue weighted by Gasteiger charge is 2.28. The fourth-order valence-corrected chi connectivity index (χ4v) is 8.92. The second-order valence-corrected chi connectivity index (χ2v) is 13.7. The Morgan fingerprint density at radius 2 is 1.18 bits per heavy atom. The maximum atomic E-state index is 5.30. The molecule has 1 aliphatic rings. The summed E-state index contributed by atoms with van der Waals surface area (Å²) in [7, 11) is 0. The molecule has 0 spiro atoms. The Labute approximate surface area is 285 Å². The van der Waals surface area contributed by atoms with Gasteiger partial charge in [-0.2, -0.15) is 0 Å². The summed E-state index contributed by atoms with van der Waals surface area (Å²) in [6.45, 7) is 0. The summed E-state index contributed by atoms with van der Waals surface area (Å²) in [5, 5.41) is 6.18. The van der Waals surface area contributed by atoms with Gasteiger partial charge in [-0.1, -0.05) is 121 Å². The molecule has 7 aromatic carbocycles. The van der Waals surface area contributed by atoms with Crippen molar-refractivity contribution in [2.45, 2.75) is 9.79 Å². The molecule has 228 valence electrons. The van der Waals surface area contributed by atoms with Gasteiger partial charge < -0.3 is 0 Å². The number of hydrogen-bond acceptors (Lipinski definition) is 3. The van der Waals surface area contributed by atoms with E-state index >= 15 is 0 Å². The standard InChI is InChI=1S/C44H26N4S/c1-2-14-29(15-3-1)47-36-22-9-6-17-32(36)40-33-19-11-23-38-43(33)48(44(40)47)37-25-24-28(26-39(37)49-38)41-42(46-35-21-8-7-20-34(35)45-41)31-18-10-13-27-12-4-5-16-30(27)31/h1-26H. The van der Waals surface area contributed by atoms with Gasteiger partial charge in [0.05, 0.1) is 39.1 Å². The van der Waals surface area contributed by atoms with E-state index in [0.717, 1.165) is 39.2 Å². The monoisotopic (exact) mass is 642 g/mol. The molecule has 0 atom stereocenters. The third kappa shape index (κ3) is 3.82. The molecule has 11 rings (SSSR count). The van der Waals surface area contributed by atoms with Crippen molar-refractivity contribution in [2.75, 3.05) is 0 Å². The maximum Gasteiger partial charge on any atom is 0.131 e. The van der Waals surface area contributed by atoms with Gasteiger partial charge >= 0.3 is 0 Å². The molecule has 0 fully saturated rings. The Bertz CT molecular complexity index is 2970. The Morgan fingerprint density at radius 1 is 0.490 bits per heavy atom. The van der Waals surface area contributed by atoms with Crippen LogP contribution in [0.15, 0.2) is 168 Å². The highest BCUT2D eigenvalue weighted by Crippen LogP contribution is 2.50. The van der Waals surface area contributed by atoms with Gasteiger partial charge in [-0.15, -0.1) is 0 Å². The predicted octanol–water partition coefficient (Wildman–Crippen LogP) is 11.6. The second-order valence-electron chi connectivity index (χ2n) is 12.6. The van der Waals surface area contributed by atoms with Crippen molar-refractivity contribution >= 4 is 66.4 Å². The quantitative estimate of drug-likeness (QED) is 0.192. The average molecular weight is 643 g/mol. The summed E-state index contributed by atoms with van der Waals surface area (Å²) in [6, 6.07) is 56.2. The van der Waals surface area contributed by atoms with E-state index in [4.69, 9.17) is 9.97 Å². The van der Waals surface area contributed by atoms with E-state index in [1.807, 2.05) is 23.9 Å². The lowest BCUT2D eigenvalue weighted by atomic mass is 9.98. The average Bonchev–Trinajstić information content (AvgIpc) is 3.68. The minimum Gasteiger partial charge on any atom is -0.295 e. The predicted molar refractivity (Wildman–Crippen MR) is 203 cm³/mol. The van der Waals surface area contributed by atoms with E-state index in [-0.39, 0.29) is 0 Å². The number of fused-ring (bicyclic) bond motifs is 9. The van der Waals surface area contributed by atoms with Gasteiger partial charge in [-0.05, 0) is 59.3 Å². The Hall–Kier alpha value is -6.17. The van der Waals surface area contributed by atoms with Crippen molar-refractivity contribution in [3.8, 4) is 33.9 Å². The maximum absolute atomic E-state index is 5.30. The molecule has 3 aromatic heterocycles. The normalized spacial score (nSPS) is 12.4. The first-order valence-electron chi connectivity index (χ1n) is 16.5. The Balaban J connectivity index is 1.20. The summed E-state index contributed by atoms with van der Waals surface area (Å²) < 4.78 is 4.91. The smallest absolute Gasteiger partial charge is 0.131 e. The number of para-hydroxylation sites is 5. The minimum atomic E-state index is 0.887. The summed E-state index contributed by atoms with van der Waals surface area (Å²) in [5.41, 5.74) is 11.7. The molecule has 0 radical (unpaired) electrons. The number of benzene rings is 7. The van der Waals surface area contributed by atoms with Crippen LogP contribution in [0.4, 0.5) is 0 Å². The van der Waals surface area contributed by atoms with Crippen LogP contribution in [0.1, 0.15) is 0 Å². The third-order valence-corrected chi connectivity index (χ3v) is 11.0. The SMILES string of the molecule is c1ccc(-n2c3ccccc3c3c4cccc5c4n(c32)-c2ccc(-c3nc4ccccc4nc3-c3cccc4ccccc34)cc2S5)cc1. The van der Waals surface area contributed by atoms with Crippen LogP contribution in [-0.4, -0.2) is 19.1 Å². The largest absolute Gasteiger partial charge is 0.295 e. The van der Waals surface area contributed by atoms with E-state index in [1.54, 1.807) is 0 Å². The fraction of sp³-hybridized carbons (Fsp3) is 0. The van der Waals surface area contributed by atoms with Gasteiger partial charge in [0.15, 0.2) is 0 Å². The number of hydrogen-bond donors (Lipinski definition) is 0. The van der Waals surface area contributed by atoms with Crippen LogP contribution in [0.5, 0.6) is 0 Å². The van der Waals surface area contributed by atoms with Crippen molar-refractivity contribution in [2.24, 2.45) is 0 Å². The number of nitrogens with zero attached hydrogens (tertiary/aromatic N) is 4. The lowest BCUT2D eigenvalue weighted by Crippen LogP contribution is -2.06. The summed E-state index contributed by atoms with van der Waals surface area (Å²) in [6.07, 6.45) is 0. The molecule has 0 saturated carbocycles. The van der Waals surface area contributed by atoms with E-state index < -0.39 is 0 Å². The van der Waals surface area contributed by atoms with Crippen molar-refractivity contribution in [3.05, 3.63) is 158 Å². The Kier molecular flexibility index (Phi) is 5.57. The molecule has 0 N–H and O–H groups in total. The van der Waals surface area contributed by atoms with Crippen LogP contribution >= 0.6 is 11.8 Å². The van der Waals surface area contributed by atoms with Crippen molar-refractivity contribution in [1.29, 1.82) is 0 Å². The molecule has 0 amide bonds. The van der Waals surface area contributed by atoms with Crippen LogP contribution in [0.2, 0.25) is 0 Å². The summed E-state index contributed by atoms with van der Waals surface area (Å²) in [4.78, 5) is 13.0. The number of rotatable bonds is 3. The van der Waals surface area contributed by atoms with Crippen molar-refractivity contribution < 1.29 is 0 Å². The molecule has 0 unspecified atom stereocenters. The van der Waals surface area contributed by atoms with Gasteiger partial charge in [0.2, 0.25) is 0 Å². The lowest BCUT2D eigenvalue weighted by molar-refractivity contribution is 1.03. The van der Waals surface area contributed by atoms with E-state index in [1.165, 1.54) is 59.1 Å². The van der Waals surface area contributed by atoms with E-state index in [2.05, 4.69) is 155 Å². The van der Waals surface area contributed by atoms with Crippen LogP contribution in [0, 0.1) is 0 Å². The van der Waals surface area contributed by atoms with Gasteiger partial charge in [0.1, 0.15) is 5.65 Å². The summed E-state index contributed by atoms with van der Waals surface area (Å²) in [5.74, 6) is 0. The highest BCUT2D eigenvalue weighted by atomic mass is 32.2. The third-order valence-electron chi connectivity index (χ3n) is 9.88. The molecule has 49 heavy (non-hydrogen) atoms. The molecule has 0 bridgehead atoms. The second kappa shape index (κ2) is 10.2. The Morgan fingerprint density at radius 3 is 2.06 bits per heavy atom. The first-order valence-corrected chi connectivity index (χ1v) is 17.3. The van der Waals surface area contributed by atoms with Gasteiger partial charge in [-0.3, -0.25) is 9.13 Å². The lowest BCUT2D eigenvalue weighted by Gasteiger charge is -2.22.